The summed E-state index contributed by atoms with van der Waals surface area (Å²) in [6, 6.07) is 14.3. The monoisotopic (exact) mass is 441 g/mol. The minimum Gasteiger partial charge on any atom is -0.127 e. The smallest absolute Gasteiger partial charge is 0.127 e. The maximum Gasteiger partial charge on any atom is 0.248 e. The average molecular weight is 442 g/mol. The fourth-order valence-electron chi connectivity index (χ4n) is 6.76. The lowest BCUT2D eigenvalue weighted by Crippen LogP contribution is -2.63. The van der Waals surface area contributed by atoms with Crippen LogP contribution in [0.15, 0.2) is 42.6 Å². The molecule has 0 amide bonds. The zero-order valence-electron chi connectivity index (χ0n) is 22.1. The van der Waals surface area contributed by atoms with Crippen molar-refractivity contribution in [1.29, 1.82) is 0 Å². The molecule has 0 N–H and O–H groups in total. The second kappa shape index (κ2) is 7.08. The highest BCUT2D eigenvalue weighted by molar-refractivity contribution is 6.13. The molecule has 0 saturated carbocycles. The molecule has 0 radical (unpaired) electrons. The molecule has 0 spiro atoms. The molecule has 174 valence electrons. The van der Waals surface area contributed by atoms with Gasteiger partial charge in [0.25, 0.3) is 0 Å². The zero-order valence-corrected chi connectivity index (χ0v) is 22.1. The molecule has 1 aliphatic rings. The van der Waals surface area contributed by atoms with E-state index in [0.717, 1.165) is 19.3 Å². The van der Waals surface area contributed by atoms with E-state index in [-0.39, 0.29) is 16.4 Å². The number of rotatable bonds is 3. The van der Waals surface area contributed by atoms with E-state index in [2.05, 4.69) is 114 Å². The van der Waals surface area contributed by atoms with Gasteiger partial charge in [-0.25, -0.2) is 0 Å². The standard InChI is InChI=1S/C31H41N2/c1-10-23-22-19-21(29(4,5)6)17-20-18-24(30(7,8)9)27-25-15-13-14-16-32(25)33(28(27)26(20)22)31(23,11-2)12-3/h13-19,23H,10-12H2,1-9H3/q+1. The Morgan fingerprint density at radius 2 is 1.58 bits per heavy atom. The molecular formula is C31H41N2+. The third-order valence-corrected chi connectivity index (χ3v) is 8.52. The Balaban J connectivity index is 2.15. The molecule has 1 atom stereocenters. The SMILES string of the molecule is CCC1c2cc(C(C)(C)C)cc3cc(C(C)(C)C)c4c5ccccn5[n+](c4c23)C1(CC)CC. The Hall–Kier alpha value is -2.35. The van der Waals surface area contributed by atoms with Gasteiger partial charge in [-0.1, -0.05) is 85.2 Å². The fourth-order valence-corrected chi connectivity index (χ4v) is 6.76. The Kier molecular flexibility index (Phi) is 4.81. The van der Waals surface area contributed by atoms with Crippen LogP contribution in [0.3, 0.4) is 0 Å². The molecule has 1 aliphatic heterocycles. The van der Waals surface area contributed by atoms with Crippen LogP contribution in [0.25, 0.3) is 27.2 Å². The molecule has 33 heavy (non-hydrogen) atoms. The van der Waals surface area contributed by atoms with Gasteiger partial charge in [-0.05, 0) is 57.5 Å². The summed E-state index contributed by atoms with van der Waals surface area (Å²) < 4.78 is 5.20. The van der Waals surface area contributed by atoms with E-state index in [1.165, 1.54) is 38.3 Å². The van der Waals surface area contributed by atoms with Gasteiger partial charge in [0, 0.05) is 12.8 Å². The summed E-state index contributed by atoms with van der Waals surface area (Å²) in [6.07, 6.45) is 5.70. The maximum absolute atomic E-state index is 2.72. The van der Waals surface area contributed by atoms with Crippen LogP contribution < -0.4 is 4.68 Å². The number of hydrogen-bond donors (Lipinski definition) is 0. The van der Waals surface area contributed by atoms with Crippen molar-refractivity contribution < 1.29 is 4.68 Å². The van der Waals surface area contributed by atoms with E-state index < -0.39 is 0 Å². The Bertz CT molecular complexity index is 1380. The van der Waals surface area contributed by atoms with Gasteiger partial charge in [-0.15, -0.1) is 4.52 Å². The second-order valence-corrected chi connectivity index (χ2v) is 12.3. The number of benzene rings is 2. The first-order chi connectivity index (χ1) is 15.5. The molecule has 0 saturated heterocycles. The number of hydrogen-bond acceptors (Lipinski definition) is 0. The first-order valence-electron chi connectivity index (χ1n) is 13.0. The van der Waals surface area contributed by atoms with E-state index in [4.69, 9.17) is 0 Å². The topological polar surface area (TPSA) is 8.29 Å². The molecule has 2 heteroatoms. The molecule has 4 aromatic rings. The van der Waals surface area contributed by atoms with Crippen LogP contribution in [0.1, 0.15) is 104 Å². The van der Waals surface area contributed by atoms with Crippen molar-refractivity contribution in [3.63, 3.8) is 0 Å². The molecule has 5 rings (SSSR count). The molecular weight excluding hydrogens is 400 g/mol. The Morgan fingerprint density at radius 1 is 0.879 bits per heavy atom. The van der Waals surface area contributed by atoms with E-state index in [9.17, 15) is 0 Å². The molecule has 1 unspecified atom stereocenters. The normalized spacial score (nSPS) is 18.2. The van der Waals surface area contributed by atoms with Gasteiger partial charge in [0.2, 0.25) is 5.52 Å². The van der Waals surface area contributed by atoms with Crippen LogP contribution in [0, 0.1) is 0 Å². The summed E-state index contributed by atoms with van der Waals surface area (Å²) in [4.78, 5) is 0. The first kappa shape index (κ1) is 22.4. The van der Waals surface area contributed by atoms with Crippen LogP contribution in [0.2, 0.25) is 0 Å². The largest absolute Gasteiger partial charge is 0.248 e. The van der Waals surface area contributed by atoms with Crippen molar-refractivity contribution >= 4 is 27.2 Å². The lowest BCUT2D eigenvalue weighted by Gasteiger charge is -2.38. The van der Waals surface area contributed by atoms with Crippen molar-refractivity contribution in [3.05, 3.63) is 59.3 Å². The van der Waals surface area contributed by atoms with Gasteiger partial charge in [-0.2, -0.15) is 0 Å². The second-order valence-electron chi connectivity index (χ2n) is 12.3. The van der Waals surface area contributed by atoms with E-state index in [1.54, 1.807) is 5.56 Å². The fraction of sp³-hybridized carbons (Fsp3) is 0.516. The molecule has 0 aliphatic carbocycles. The van der Waals surface area contributed by atoms with Crippen molar-refractivity contribution in [2.75, 3.05) is 0 Å². The minimum atomic E-state index is 0.0598. The maximum atomic E-state index is 2.72. The summed E-state index contributed by atoms with van der Waals surface area (Å²) >= 11 is 0. The van der Waals surface area contributed by atoms with Gasteiger partial charge in [0.1, 0.15) is 5.52 Å². The van der Waals surface area contributed by atoms with E-state index >= 15 is 0 Å². The van der Waals surface area contributed by atoms with Crippen molar-refractivity contribution in [2.24, 2.45) is 0 Å². The quantitative estimate of drug-likeness (QED) is 0.283. The summed E-state index contributed by atoms with van der Waals surface area (Å²) in [6.45, 7) is 21.4. The Labute approximate surface area is 199 Å². The van der Waals surface area contributed by atoms with Gasteiger partial charge in [0.15, 0.2) is 5.54 Å². The molecule has 3 heterocycles. The zero-order chi connectivity index (χ0) is 23.9. The summed E-state index contributed by atoms with van der Waals surface area (Å²) in [7, 11) is 0. The lowest BCUT2D eigenvalue weighted by molar-refractivity contribution is -0.805. The molecule has 2 nitrogen and oxygen atoms in total. The Morgan fingerprint density at radius 3 is 2.15 bits per heavy atom. The number of pyridine rings is 1. The molecule has 2 aromatic heterocycles. The summed E-state index contributed by atoms with van der Waals surface area (Å²) in [5.41, 5.74) is 7.53. The van der Waals surface area contributed by atoms with Gasteiger partial charge in [-0.3, -0.25) is 0 Å². The van der Waals surface area contributed by atoms with Crippen molar-refractivity contribution in [1.82, 2.24) is 4.52 Å². The van der Waals surface area contributed by atoms with Crippen molar-refractivity contribution in [2.45, 2.75) is 104 Å². The average Bonchev–Trinajstić information content (AvgIpc) is 3.11. The van der Waals surface area contributed by atoms with Crippen LogP contribution in [-0.4, -0.2) is 4.52 Å². The lowest BCUT2D eigenvalue weighted by atomic mass is 9.68. The third-order valence-electron chi connectivity index (χ3n) is 8.52. The van der Waals surface area contributed by atoms with Gasteiger partial charge >= 0.3 is 0 Å². The first-order valence-corrected chi connectivity index (χ1v) is 13.0. The number of nitrogens with zero attached hydrogens (tertiary/aromatic N) is 2. The molecule has 0 bridgehead atoms. The number of fused-ring (bicyclic) bond motifs is 3. The summed E-state index contributed by atoms with van der Waals surface area (Å²) in [5.74, 6) is 0.497. The van der Waals surface area contributed by atoms with E-state index in [1.807, 2.05) is 0 Å². The van der Waals surface area contributed by atoms with Gasteiger partial charge in [0.05, 0.1) is 22.9 Å². The van der Waals surface area contributed by atoms with Crippen LogP contribution in [0.5, 0.6) is 0 Å². The predicted octanol–water partition coefficient (Wildman–Crippen LogP) is 8.15. The highest BCUT2D eigenvalue weighted by Crippen LogP contribution is 2.50. The van der Waals surface area contributed by atoms with Gasteiger partial charge < -0.3 is 0 Å². The highest BCUT2D eigenvalue weighted by Gasteiger charge is 2.53. The molecule has 2 aromatic carbocycles. The predicted molar refractivity (Wildman–Crippen MR) is 142 cm³/mol. The third kappa shape index (κ3) is 2.88. The summed E-state index contributed by atoms with van der Waals surface area (Å²) in [5, 5.41) is 4.35. The minimum absolute atomic E-state index is 0.0598. The van der Waals surface area contributed by atoms with Crippen molar-refractivity contribution in [3.8, 4) is 0 Å². The van der Waals surface area contributed by atoms with Crippen LogP contribution >= 0.6 is 0 Å². The molecule has 0 fully saturated rings. The number of aromatic nitrogens is 2. The van der Waals surface area contributed by atoms with Crippen LogP contribution in [-0.2, 0) is 16.4 Å². The highest BCUT2D eigenvalue weighted by atomic mass is 15.4. The van der Waals surface area contributed by atoms with E-state index in [0.29, 0.717) is 5.92 Å². The van der Waals surface area contributed by atoms with Crippen LogP contribution in [0.4, 0.5) is 0 Å².